The van der Waals surface area contributed by atoms with E-state index >= 15 is 0 Å². The quantitative estimate of drug-likeness (QED) is 0.288. The number of likely N-dealkylation sites (tertiary alicyclic amines) is 1. The fourth-order valence-corrected chi connectivity index (χ4v) is 6.01. The number of thiophene rings is 1. The summed E-state index contributed by atoms with van der Waals surface area (Å²) in [7, 11) is 0. The Balaban J connectivity index is 1.24. The monoisotopic (exact) mass is 555 g/mol. The molecular formula is C29H25N5O5S. The molecule has 2 atom stereocenters. The Morgan fingerprint density at radius 1 is 1.12 bits per heavy atom. The van der Waals surface area contributed by atoms with Crippen LogP contribution in [0.3, 0.4) is 0 Å². The molecule has 0 radical (unpaired) electrons. The van der Waals surface area contributed by atoms with Crippen LogP contribution in [0, 0.1) is 0 Å². The molecule has 0 bridgehead atoms. The fraction of sp³-hybridized carbons (Fsp3) is 0.172. The molecule has 11 heteroatoms. The molecule has 0 spiro atoms. The molecule has 4 heterocycles. The van der Waals surface area contributed by atoms with Gasteiger partial charge in [0.05, 0.1) is 22.4 Å². The van der Waals surface area contributed by atoms with Gasteiger partial charge in [-0.15, -0.1) is 11.3 Å². The number of aliphatic hydroxyl groups is 1. The van der Waals surface area contributed by atoms with Crippen LogP contribution in [0.2, 0.25) is 0 Å². The molecule has 202 valence electrons. The number of nitrogens with one attached hydrogen (secondary N) is 2. The van der Waals surface area contributed by atoms with Crippen molar-refractivity contribution < 1.29 is 24.2 Å². The molecule has 2 aromatic carbocycles. The summed E-state index contributed by atoms with van der Waals surface area (Å²) in [5, 5.41) is 16.9. The van der Waals surface area contributed by atoms with E-state index in [2.05, 4.69) is 22.2 Å². The van der Waals surface area contributed by atoms with E-state index in [1.165, 1.54) is 16.2 Å². The van der Waals surface area contributed by atoms with Gasteiger partial charge in [0.25, 0.3) is 5.91 Å². The number of urea groups is 1. The SMILES string of the molecule is C=CC(=O)N1CC[C@@H](NC(=O)c2sc3nccc4c3c2NC(=O)N4c2ccc(Oc3ccccc3)cc2)C[C@@H]1O. The molecule has 2 aliphatic rings. The summed E-state index contributed by atoms with van der Waals surface area (Å²) in [5.41, 5.74) is 1.65. The Bertz CT molecular complexity index is 1620. The van der Waals surface area contributed by atoms with Crippen molar-refractivity contribution in [2.45, 2.75) is 25.1 Å². The smallest absolute Gasteiger partial charge is 0.331 e. The number of piperidine rings is 1. The number of carbonyl (C=O) groups is 3. The van der Waals surface area contributed by atoms with Crippen LogP contribution >= 0.6 is 11.3 Å². The van der Waals surface area contributed by atoms with E-state index in [1.54, 1.807) is 41.4 Å². The highest BCUT2D eigenvalue weighted by Gasteiger charge is 2.35. The lowest BCUT2D eigenvalue weighted by atomic mass is 10.0. The summed E-state index contributed by atoms with van der Waals surface area (Å²) in [6.07, 6.45) is 2.43. The van der Waals surface area contributed by atoms with E-state index in [0.29, 0.717) is 56.6 Å². The number of amides is 4. The predicted molar refractivity (Wildman–Crippen MR) is 152 cm³/mol. The van der Waals surface area contributed by atoms with Gasteiger partial charge in [0.15, 0.2) is 0 Å². The first-order chi connectivity index (χ1) is 19.4. The molecule has 4 amide bonds. The second kappa shape index (κ2) is 10.4. The van der Waals surface area contributed by atoms with Crippen LogP contribution in [-0.4, -0.2) is 51.7 Å². The van der Waals surface area contributed by atoms with Crippen molar-refractivity contribution in [3.63, 3.8) is 0 Å². The highest BCUT2D eigenvalue weighted by Crippen LogP contribution is 2.46. The highest BCUT2D eigenvalue weighted by molar-refractivity contribution is 7.21. The lowest BCUT2D eigenvalue weighted by molar-refractivity contribution is -0.139. The van der Waals surface area contributed by atoms with Crippen LogP contribution < -0.4 is 20.3 Å². The minimum atomic E-state index is -1.02. The summed E-state index contributed by atoms with van der Waals surface area (Å²) >= 11 is 1.19. The Morgan fingerprint density at radius 2 is 1.88 bits per heavy atom. The maximum Gasteiger partial charge on any atom is 0.331 e. The van der Waals surface area contributed by atoms with Crippen LogP contribution in [0.25, 0.3) is 10.2 Å². The number of aromatic nitrogens is 1. The standard InChI is InChI=1S/C29H25N5O5S/c1-2-22(35)33-15-13-17(16-23(33)36)31-27(37)26-25-24-21(12-14-30-28(24)40-26)34(29(38)32-25)18-8-10-20(11-9-18)39-19-6-4-3-5-7-19/h2-12,14,17,23,36H,1,13,15-16H2,(H,31,37)(H,32,38)/t17-,23+/m1/s1. The number of nitrogens with zero attached hydrogens (tertiary/aromatic N) is 3. The zero-order chi connectivity index (χ0) is 27.8. The van der Waals surface area contributed by atoms with E-state index in [1.807, 2.05) is 30.3 Å². The molecule has 40 heavy (non-hydrogen) atoms. The maximum absolute atomic E-state index is 13.4. The van der Waals surface area contributed by atoms with Gasteiger partial charge in [0, 0.05) is 25.2 Å². The minimum absolute atomic E-state index is 0.194. The first-order valence-electron chi connectivity index (χ1n) is 12.7. The van der Waals surface area contributed by atoms with Crippen molar-refractivity contribution in [3.05, 3.63) is 84.4 Å². The van der Waals surface area contributed by atoms with Gasteiger partial charge in [-0.2, -0.15) is 0 Å². The fourth-order valence-electron chi connectivity index (χ4n) is 4.99. The van der Waals surface area contributed by atoms with Gasteiger partial charge in [-0.3, -0.25) is 14.5 Å². The summed E-state index contributed by atoms with van der Waals surface area (Å²) in [6.45, 7) is 3.75. The zero-order valence-electron chi connectivity index (χ0n) is 21.2. The number of aliphatic hydroxyl groups excluding tert-OH is 1. The van der Waals surface area contributed by atoms with Crippen molar-refractivity contribution in [2.24, 2.45) is 0 Å². The zero-order valence-corrected chi connectivity index (χ0v) is 22.1. The van der Waals surface area contributed by atoms with Crippen LogP contribution in [0.4, 0.5) is 21.9 Å². The van der Waals surface area contributed by atoms with Crippen molar-refractivity contribution in [3.8, 4) is 11.5 Å². The summed E-state index contributed by atoms with van der Waals surface area (Å²) in [6, 6.07) is 17.6. The van der Waals surface area contributed by atoms with Gasteiger partial charge in [-0.05, 0) is 55.0 Å². The van der Waals surface area contributed by atoms with E-state index in [9.17, 15) is 19.5 Å². The molecule has 6 rings (SSSR count). The molecular weight excluding hydrogens is 530 g/mol. The van der Waals surface area contributed by atoms with E-state index in [0.717, 1.165) is 6.08 Å². The Labute approximate surface area is 233 Å². The largest absolute Gasteiger partial charge is 0.457 e. The highest BCUT2D eigenvalue weighted by atomic mass is 32.1. The number of ether oxygens (including phenoxy) is 1. The summed E-state index contributed by atoms with van der Waals surface area (Å²) < 4.78 is 5.87. The maximum atomic E-state index is 13.4. The number of carbonyl (C=O) groups excluding carboxylic acids is 3. The predicted octanol–water partition coefficient (Wildman–Crippen LogP) is 5.00. The lowest BCUT2D eigenvalue weighted by Gasteiger charge is -2.36. The van der Waals surface area contributed by atoms with E-state index in [-0.39, 0.29) is 24.3 Å². The number of pyridine rings is 1. The van der Waals surface area contributed by atoms with Crippen molar-refractivity contribution in [2.75, 3.05) is 16.8 Å². The normalized spacial score (nSPS) is 18.3. The Hall–Kier alpha value is -4.74. The third kappa shape index (κ3) is 4.65. The summed E-state index contributed by atoms with van der Waals surface area (Å²) in [4.78, 5) is 46.9. The average Bonchev–Trinajstić information content (AvgIpc) is 3.33. The second-order valence-corrected chi connectivity index (χ2v) is 10.4. The van der Waals surface area contributed by atoms with Gasteiger partial charge in [-0.25, -0.2) is 9.78 Å². The number of hydrogen-bond acceptors (Lipinski definition) is 7. The molecule has 3 N–H and O–H groups in total. The number of rotatable bonds is 6. The Morgan fingerprint density at radius 3 is 2.60 bits per heavy atom. The first-order valence-corrected chi connectivity index (χ1v) is 13.5. The van der Waals surface area contributed by atoms with E-state index < -0.39 is 12.3 Å². The van der Waals surface area contributed by atoms with E-state index in [4.69, 9.17) is 4.74 Å². The van der Waals surface area contributed by atoms with Gasteiger partial charge >= 0.3 is 6.03 Å². The molecule has 2 aliphatic heterocycles. The molecule has 4 aromatic rings. The van der Waals surface area contributed by atoms with Crippen LogP contribution in [0.5, 0.6) is 11.5 Å². The van der Waals surface area contributed by atoms with Crippen molar-refractivity contribution in [1.29, 1.82) is 0 Å². The van der Waals surface area contributed by atoms with Crippen LogP contribution in [-0.2, 0) is 4.79 Å². The first kappa shape index (κ1) is 25.5. The second-order valence-electron chi connectivity index (χ2n) is 9.40. The van der Waals surface area contributed by atoms with Crippen LogP contribution in [0.15, 0.2) is 79.5 Å². The van der Waals surface area contributed by atoms with Gasteiger partial charge in [0.2, 0.25) is 5.91 Å². The number of hydrogen-bond donors (Lipinski definition) is 3. The van der Waals surface area contributed by atoms with Crippen LogP contribution in [0.1, 0.15) is 22.5 Å². The molecule has 0 unspecified atom stereocenters. The lowest BCUT2D eigenvalue weighted by Crippen LogP contribution is -2.51. The molecule has 0 saturated carbocycles. The third-order valence-corrected chi connectivity index (χ3v) is 7.99. The molecule has 1 fully saturated rings. The molecule has 2 aromatic heterocycles. The average molecular weight is 556 g/mol. The summed E-state index contributed by atoms with van der Waals surface area (Å²) in [5.74, 6) is 0.615. The number of benzene rings is 2. The molecule has 0 aliphatic carbocycles. The van der Waals surface area contributed by atoms with Crippen molar-refractivity contribution in [1.82, 2.24) is 15.2 Å². The van der Waals surface area contributed by atoms with Crippen molar-refractivity contribution >= 4 is 56.5 Å². The molecule has 1 saturated heterocycles. The number of para-hydroxylation sites is 1. The number of anilines is 3. The minimum Gasteiger partial charge on any atom is -0.457 e. The van der Waals surface area contributed by atoms with Gasteiger partial charge in [0.1, 0.15) is 27.4 Å². The van der Waals surface area contributed by atoms with Gasteiger partial charge in [-0.1, -0.05) is 24.8 Å². The van der Waals surface area contributed by atoms with Gasteiger partial charge < -0.3 is 25.4 Å². The third-order valence-electron chi connectivity index (χ3n) is 6.89. The molecule has 10 nitrogen and oxygen atoms in total. The Kier molecular flexibility index (Phi) is 6.66. The topological polar surface area (TPSA) is 124 Å².